The van der Waals surface area contributed by atoms with Crippen molar-refractivity contribution in [2.45, 2.75) is 13.3 Å². The summed E-state index contributed by atoms with van der Waals surface area (Å²) in [5.41, 5.74) is 1.27. The summed E-state index contributed by atoms with van der Waals surface area (Å²) in [6, 6.07) is 0. The SMILES string of the molecule is CC1=[C-]CC=C1.C[O-].C[O-].C[O-].[Zr+4]. The Morgan fingerprint density at radius 3 is 1.54 bits per heavy atom. The molecule has 0 amide bonds. The van der Waals surface area contributed by atoms with Gasteiger partial charge in [0, 0.05) is 0 Å². The van der Waals surface area contributed by atoms with Crippen molar-refractivity contribution < 1.29 is 41.5 Å². The van der Waals surface area contributed by atoms with Gasteiger partial charge in [-0.2, -0.15) is 27.4 Å². The number of hydrogen-bond donors (Lipinski definition) is 0. The van der Waals surface area contributed by atoms with Gasteiger partial charge in [-0.25, -0.2) is 11.6 Å². The molecule has 0 atom stereocenters. The monoisotopic (exact) mass is 262 g/mol. The number of hydrogen-bond acceptors (Lipinski definition) is 3. The standard InChI is InChI=1S/C6H7.3CH3O.Zr/c1-6-4-2-3-5-6;3*1-2;/h2,4H,3H2,1H3;3*1H3;/q4*-1;+4. The van der Waals surface area contributed by atoms with Crippen molar-refractivity contribution in [1.29, 1.82) is 0 Å². The number of rotatable bonds is 0. The van der Waals surface area contributed by atoms with Gasteiger partial charge in [-0.1, -0.05) is 6.92 Å². The van der Waals surface area contributed by atoms with E-state index < -0.39 is 0 Å². The maximum Gasteiger partial charge on any atom is 4.00 e. The predicted octanol–water partition coefficient (Wildman–Crippen LogP) is -1.38. The fourth-order valence-electron chi connectivity index (χ4n) is 0.515. The topological polar surface area (TPSA) is 69.2 Å². The molecule has 0 bridgehead atoms. The molecule has 0 aromatic rings. The predicted molar refractivity (Wildman–Crippen MR) is 44.0 cm³/mol. The summed E-state index contributed by atoms with van der Waals surface area (Å²) in [6.07, 6.45) is 8.33. The first-order valence-corrected chi connectivity index (χ1v) is 3.36. The molecule has 0 aliphatic heterocycles. The molecule has 0 saturated carbocycles. The van der Waals surface area contributed by atoms with Crippen LogP contribution in [0, 0.1) is 6.08 Å². The first kappa shape index (κ1) is 23.2. The third-order valence-electron chi connectivity index (χ3n) is 0.867. The van der Waals surface area contributed by atoms with E-state index in [-0.39, 0.29) is 26.2 Å². The largest absolute Gasteiger partial charge is 4.00 e. The summed E-state index contributed by atoms with van der Waals surface area (Å²) < 4.78 is 0. The molecule has 74 valence electrons. The van der Waals surface area contributed by atoms with Crippen molar-refractivity contribution in [2.75, 3.05) is 21.3 Å². The summed E-state index contributed by atoms with van der Waals surface area (Å²) in [5, 5.41) is 24.8. The van der Waals surface area contributed by atoms with Crippen molar-refractivity contribution in [2.24, 2.45) is 0 Å². The quantitative estimate of drug-likeness (QED) is 0.506. The molecule has 1 aliphatic carbocycles. The second-order valence-electron chi connectivity index (χ2n) is 1.47. The minimum atomic E-state index is 0. The van der Waals surface area contributed by atoms with Crippen molar-refractivity contribution in [3.63, 3.8) is 0 Å². The van der Waals surface area contributed by atoms with E-state index in [0.29, 0.717) is 0 Å². The summed E-state index contributed by atoms with van der Waals surface area (Å²) in [5.74, 6) is 0. The zero-order chi connectivity index (χ0) is 10.4. The minimum absolute atomic E-state index is 0. The normalized spacial score (nSPS) is 9.92. The van der Waals surface area contributed by atoms with E-state index in [0.717, 1.165) is 27.8 Å². The van der Waals surface area contributed by atoms with Crippen LogP contribution in [0.15, 0.2) is 17.7 Å². The van der Waals surface area contributed by atoms with Gasteiger partial charge in [0.15, 0.2) is 0 Å². The zero-order valence-corrected chi connectivity index (χ0v) is 11.0. The first-order chi connectivity index (χ1) is 5.89. The fraction of sp³-hybridized carbons (Fsp3) is 0.556. The molecule has 3 nitrogen and oxygen atoms in total. The summed E-state index contributed by atoms with van der Waals surface area (Å²) in [4.78, 5) is 0. The van der Waals surface area contributed by atoms with E-state index in [1.165, 1.54) is 5.57 Å². The summed E-state index contributed by atoms with van der Waals surface area (Å²) in [7, 11) is 2.25. The van der Waals surface area contributed by atoms with Gasteiger partial charge in [-0.3, -0.25) is 6.08 Å². The number of allylic oxidation sites excluding steroid dienone is 4. The van der Waals surface area contributed by atoms with Gasteiger partial charge < -0.3 is 15.3 Å². The van der Waals surface area contributed by atoms with Crippen molar-refractivity contribution in [1.82, 2.24) is 0 Å². The van der Waals surface area contributed by atoms with Crippen LogP contribution in [-0.2, 0) is 26.2 Å². The van der Waals surface area contributed by atoms with Gasteiger partial charge in [0.25, 0.3) is 0 Å². The van der Waals surface area contributed by atoms with Crippen molar-refractivity contribution >= 4 is 0 Å². The molecule has 13 heavy (non-hydrogen) atoms. The van der Waals surface area contributed by atoms with Crippen LogP contribution >= 0.6 is 0 Å². The second kappa shape index (κ2) is 29.5. The van der Waals surface area contributed by atoms with Gasteiger partial charge in [0.2, 0.25) is 0 Å². The molecule has 1 rings (SSSR count). The molecule has 0 spiro atoms. The third kappa shape index (κ3) is 24.5. The van der Waals surface area contributed by atoms with Crippen LogP contribution in [0.25, 0.3) is 0 Å². The van der Waals surface area contributed by atoms with Gasteiger partial charge in [-0.05, 0) is 0 Å². The molecule has 0 radical (unpaired) electrons. The van der Waals surface area contributed by atoms with E-state index in [4.69, 9.17) is 15.3 Å². The molecule has 0 aromatic carbocycles. The molecule has 4 heteroatoms. The van der Waals surface area contributed by atoms with Crippen LogP contribution in [0.3, 0.4) is 0 Å². The Hall–Kier alpha value is 0.243. The van der Waals surface area contributed by atoms with Crippen LogP contribution in [0.2, 0.25) is 0 Å². The fourth-order valence-corrected chi connectivity index (χ4v) is 0.515. The Morgan fingerprint density at radius 2 is 1.46 bits per heavy atom. The van der Waals surface area contributed by atoms with Crippen LogP contribution in [0.5, 0.6) is 0 Å². The van der Waals surface area contributed by atoms with E-state index in [1.807, 2.05) is 0 Å². The Bertz CT molecular complexity index is 109. The Labute approximate surface area is 99.9 Å². The maximum absolute atomic E-state index is 8.25. The molecular weight excluding hydrogens is 247 g/mol. The summed E-state index contributed by atoms with van der Waals surface area (Å²) >= 11 is 0. The van der Waals surface area contributed by atoms with Crippen LogP contribution in [0.1, 0.15) is 13.3 Å². The molecule has 0 unspecified atom stereocenters. The molecule has 0 saturated heterocycles. The Morgan fingerprint density at radius 1 is 1.08 bits per heavy atom. The van der Waals surface area contributed by atoms with Gasteiger partial charge in [-0.15, -0.1) is 6.42 Å². The average Bonchev–Trinajstić information content (AvgIpc) is 2.66. The van der Waals surface area contributed by atoms with Crippen LogP contribution in [0.4, 0.5) is 0 Å². The van der Waals surface area contributed by atoms with E-state index in [2.05, 4.69) is 25.2 Å². The zero-order valence-electron chi connectivity index (χ0n) is 8.59. The van der Waals surface area contributed by atoms with Crippen LogP contribution < -0.4 is 15.3 Å². The molecular formula is C9H16O3Zr. The van der Waals surface area contributed by atoms with Crippen molar-refractivity contribution in [3.05, 3.63) is 23.8 Å². The molecule has 0 fully saturated rings. The molecule has 0 aromatic heterocycles. The van der Waals surface area contributed by atoms with E-state index in [1.54, 1.807) is 0 Å². The van der Waals surface area contributed by atoms with Gasteiger partial charge in [0.05, 0.1) is 0 Å². The Balaban J connectivity index is -0.0000000508. The smallest absolute Gasteiger partial charge is 0.857 e. The average molecular weight is 263 g/mol. The maximum atomic E-state index is 8.25. The first-order valence-electron chi connectivity index (χ1n) is 3.36. The minimum Gasteiger partial charge on any atom is -0.857 e. The van der Waals surface area contributed by atoms with Gasteiger partial charge >= 0.3 is 26.2 Å². The van der Waals surface area contributed by atoms with Crippen molar-refractivity contribution in [3.8, 4) is 0 Å². The summed E-state index contributed by atoms with van der Waals surface area (Å²) in [6.45, 7) is 2.06. The van der Waals surface area contributed by atoms with E-state index >= 15 is 0 Å². The van der Waals surface area contributed by atoms with Crippen LogP contribution in [-0.4, -0.2) is 21.3 Å². The van der Waals surface area contributed by atoms with E-state index in [9.17, 15) is 0 Å². The molecule has 0 N–H and O–H groups in total. The second-order valence-corrected chi connectivity index (χ2v) is 1.47. The Kier molecular flexibility index (Phi) is 52.7. The molecule has 1 aliphatic rings. The third-order valence-corrected chi connectivity index (χ3v) is 0.867. The molecule has 0 heterocycles. The van der Waals surface area contributed by atoms with Gasteiger partial charge in [0.1, 0.15) is 0 Å².